The van der Waals surface area contributed by atoms with Crippen LogP contribution < -0.4 is 11.1 Å². The molecule has 0 bridgehead atoms. The van der Waals surface area contributed by atoms with E-state index in [4.69, 9.17) is 5.73 Å². The highest BCUT2D eigenvalue weighted by Gasteiger charge is 2.21. The lowest BCUT2D eigenvalue weighted by atomic mass is 9.98. The fourth-order valence-corrected chi connectivity index (χ4v) is 2.96. The Kier molecular flexibility index (Phi) is 4.40. The third kappa shape index (κ3) is 2.93. The average molecular weight is 311 g/mol. The number of nitrogens with one attached hydrogen (secondary N) is 1. The molecule has 1 aromatic rings. The maximum atomic E-state index is 11.3. The van der Waals surface area contributed by atoms with Gasteiger partial charge in [-0.15, -0.1) is 0 Å². The van der Waals surface area contributed by atoms with Crippen LogP contribution in [0, 0.1) is 0 Å². The van der Waals surface area contributed by atoms with Gasteiger partial charge in [0.15, 0.2) is 0 Å². The van der Waals surface area contributed by atoms with Gasteiger partial charge in [-0.1, -0.05) is 48.2 Å². The molecule has 0 fully saturated rings. The largest absolute Gasteiger partial charge is 0.325 e. The summed E-state index contributed by atoms with van der Waals surface area (Å²) >= 11 is 3.55. The van der Waals surface area contributed by atoms with Crippen molar-refractivity contribution >= 4 is 27.5 Å². The van der Waals surface area contributed by atoms with E-state index in [1.54, 1.807) is 0 Å². The molecular formula is C14H19BrN2O. The molecule has 1 aromatic carbocycles. The van der Waals surface area contributed by atoms with Crippen molar-refractivity contribution in [2.45, 2.75) is 45.1 Å². The molecule has 1 aliphatic heterocycles. The number of carbonyl (C=O) groups excluding carboxylic acids is 1. The summed E-state index contributed by atoms with van der Waals surface area (Å²) in [4.78, 5) is 11.3. The molecule has 1 heterocycles. The maximum absolute atomic E-state index is 11.3. The highest BCUT2D eigenvalue weighted by atomic mass is 79.9. The second-order valence-corrected chi connectivity index (χ2v) is 5.71. The minimum Gasteiger partial charge on any atom is -0.325 e. The molecule has 0 radical (unpaired) electrons. The number of anilines is 1. The summed E-state index contributed by atoms with van der Waals surface area (Å²) in [6.07, 6.45) is 5.04. The molecule has 3 N–H and O–H groups in total. The minimum atomic E-state index is 0.0481. The molecule has 3 nitrogen and oxygen atoms in total. The minimum absolute atomic E-state index is 0.0481. The van der Waals surface area contributed by atoms with Crippen LogP contribution in [-0.4, -0.2) is 5.91 Å². The van der Waals surface area contributed by atoms with Gasteiger partial charge in [0.25, 0.3) is 0 Å². The normalized spacial score (nSPS) is 15.4. The van der Waals surface area contributed by atoms with Crippen molar-refractivity contribution in [3.05, 3.63) is 27.7 Å². The zero-order valence-electron chi connectivity index (χ0n) is 10.6. The van der Waals surface area contributed by atoms with Crippen molar-refractivity contribution in [2.24, 2.45) is 5.73 Å². The lowest BCUT2D eigenvalue weighted by Gasteiger charge is -2.15. The van der Waals surface area contributed by atoms with E-state index in [0.29, 0.717) is 6.42 Å². The molecule has 0 aliphatic carbocycles. The summed E-state index contributed by atoms with van der Waals surface area (Å²) < 4.78 is 0.993. The zero-order valence-corrected chi connectivity index (χ0v) is 12.2. The number of rotatable bonds is 5. The van der Waals surface area contributed by atoms with Gasteiger partial charge in [-0.2, -0.15) is 0 Å². The van der Waals surface area contributed by atoms with Crippen LogP contribution >= 0.6 is 15.9 Å². The Morgan fingerprint density at radius 2 is 2.22 bits per heavy atom. The topological polar surface area (TPSA) is 55.1 Å². The number of benzene rings is 1. The Morgan fingerprint density at radius 1 is 1.44 bits per heavy atom. The van der Waals surface area contributed by atoms with E-state index in [1.165, 1.54) is 12.8 Å². The third-order valence-corrected chi connectivity index (χ3v) is 4.05. The molecule has 0 aromatic heterocycles. The van der Waals surface area contributed by atoms with Crippen LogP contribution in [0.1, 0.15) is 49.8 Å². The predicted molar refractivity (Wildman–Crippen MR) is 77.5 cm³/mol. The van der Waals surface area contributed by atoms with Crippen LogP contribution in [0.25, 0.3) is 0 Å². The maximum Gasteiger partial charge on any atom is 0.228 e. The van der Waals surface area contributed by atoms with E-state index in [9.17, 15) is 4.79 Å². The standard InChI is InChI=1S/C14H19BrN2O/c1-2-3-4-5-12(16)10-6-9-7-14(18)17-13(9)8-11(10)15/h6,8,12H,2-5,7,16H2,1H3,(H,17,18). The summed E-state index contributed by atoms with van der Waals surface area (Å²) in [5, 5.41) is 2.85. The lowest BCUT2D eigenvalue weighted by Crippen LogP contribution is -2.11. The summed E-state index contributed by atoms with van der Waals surface area (Å²) in [6.45, 7) is 2.19. The SMILES string of the molecule is CCCCCC(N)c1cc2c(cc1Br)NC(=O)C2. The van der Waals surface area contributed by atoms with Crippen LogP contribution in [0.3, 0.4) is 0 Å². The second kappa shape index (κ2) is 5.85. The molecule has 0 saturated carbocycles. The van der Waals surface area contributed by atoms with Gasteiger partial charge in [-0.25, -0.2) is 0 Å². The molecule has 98 valence electrons. The van der Waals surface area contributed by atoms with Crippen molar-refractivity contribution in [1.29, 1.82) is 0 Å². The first-order chi connectivity index (χ1) is 8.61. The van der Waals surface area contributed by atoms with E-state index in [0.717, 1.165) is 34.1 Å². The van der Waals surface area contributed by atoms with Crippen LogP contribution in [0.4, 0.5) is 5.69 Å². The number of unbranched alkanes of at least 4 members (excludes halogenated alkanes) is 2. The zero-order chi connectivity index (χ0) is 13.1. The highest BCUT2D eigenvalue weighted by molar-refractivity contribution is 9.10. The Labute approximate surface area is 116 Å². The van der Waals surface area contributed by atoms with Gasteiger partial charge in [-0.05, 0) is 23.6 Å². The van der Waals surface area contributed by atoms with Crippen LogP contribution in [0.15, 0.2) is 16.6 Å². The smallest absolute Gasteiger partial charge is 0.228 e. The van der Waals surface area contributed by atoms with Crippen LogP contribution in [0.5, 0.6) is 0 Å². The van der Waals surface area contributed by atoms with E-state index < -0.39 is 0 Å². The number of amides is 1. The van der Waals surface area contributed by atoms with Crippen molar-refractivity contribution in [1.82, 2.24) is 0 Å². The molecule has 1 atom stereocenters. The van der Waals surface area contributed by atoms with Gasteiger partial charge in [0.05, 0.1) is 6.42 Å². The van der Waals surface area contributed by atoms with Crippen LogP contribution in [-0.2, 0) is 11.2 Å². The van der Waals surface area contributed by atoms with Gasteiger partial charge < -0.3 is 11.1 Å². The quantitative estimate of drug-likeness (QED) is 0.817. The van der Waals surface area contributed by atoms with Gasteiger partial charge in [0, 0.05) is 16.2 Å². The van der Waals surface area contributed by atoms with E-state index in [2.05, 4.69) is 34.2 Å². The van der Waals surface area contributed by atoms with Crippen molar-refractivity contribution in [2.75, 3.05) is 5.32 Å². The second-order valence-electron chi connectivity index (χ2n) is 4.86. The molecule has 18 heavy (non-hydrogen) atoms. The number of hydrogen-bond donors (Lipinski definition) is 2. The van der Waals surface area contributed by atoms with Crippen LogP contribution in [0.2, 0.25) is 0 Å². The summed E-state index contributed by atoms with van der Waals surface area (Å²) in [7, 11) is 0. The van der Waals surface area contributed by atoms with Gasteiger partial charge in [0.1, 0.15) is 0 Å². The first kappa shape index (κ1) is 13.6. The molecule has 2 rings (SSSR count). The molecule has 0 saturated heterocycles. The number of hydrogen-bond acceptors (Lipinski definition) is 2. The monoisotopic (exact) mass is 310 g/mol. The first-order valence-corrected chi connectivity index (χ1v) is 7.29. The van der Waals surface area contributed by atoms with Crippen molar-refractivity contribution in [3.8, 4) is 0 Å². The fourth-order valence-electron chi connectivity index (χ4n) is 2.32. The Morgan fingerprint density at radius 3 is 2.94 bits per heavy atom. The molecule has 0 spiro atoms. The first-order valence-electron chi connectivity index (χ1n) is 6.49. The number of nitrogens with two attached hydrogens (primary N) is 1. The Hall–Kier alpha value is -0.870. The predicted octanol–water partition coefficient (Wildman–Crippen LogP) is 3.52. The van der Waals surface area contributed by atoms with E-state index >= 15 is 0 Å². The summed E-state index contributed by atoms with van der Waals surface area (Å²) in [5.41, 5.74) is 9.32. The molecular weight excluding hydrogens is 292 g/mol. The number of halogens is 1. The van der Waals surface area contributed by atoms with Crippen molar-refractivity contribution < 1.29 is 4.79 Å². The average Bonchev–Trinajstić information content (AvgIpc) is 2.67. The summed E-state index contributed by atoms with van der Waals surface area (Å²) in [6, 6.07) is 4.08. The van der Waals surface area contributed by atoms with Crippen molar-refractivity contribution in [3.63, 3.8) is 0 Å². The van der Waals surface area contributed by atoms with Gasteiger partial charge in [0.2, 0.25) is 5.91 Å². The highest BCUT2D eigenvalue weighted by Crippen LogP contribution is 2.33. The Balaban J connectivity index is 2.14. The summed E-state index contributed by atoms with van der Waals surface area (Å²) in [5.74, 6) is 0.0635. The molecule has 1 unspecified atom stereocenters. The lowest BCUT2D eigenvalue weighted by molar-refractivity contribution is -0.115. The molecule has 1 aliphatic rings. The van der Waals surface area contributed by atoms with Gasteiger partial charge in [-0.3, -0.25) is 4.79 Å². The van der Waals surface area contributed by atoms with Gasteiger partial charge >= 0.3 is 0 Å². The third-order valence-electron chi connectivity index (χ3n) is 3.37. The van der Waals surface area contributed by atoms with E-state index in [1.807, 2.05) is 6.07 Å². The molecule has 1 amide bonds. The van der Waals surface area contributed by atoms with E-state index in [-0.39, 0.29) is 11.9 Å². The fraction of sp³-hybridized carbons (Fsp3) is 0.500. The number of carbonyl (C=O) groups is 1. The number of fused-ring (bicyclic) bond motifs is 1. The Bertz CT molecular complexity index is 459. The molecule has 4 heteroatoms.